The highest BCUT2D eigenvalue weighted by Gasteiger charge is 2.51. The zero-order chi connectivity index (χ0) is 19.7. The van der Waals surface area contributed by atoms with Gasteiger partial charge >= 0.3 is 6.03 Å². The summed E-state index contributed by atoms with van der Waals surface area (Å²) in [5.41, 5.74) is 0.383. The minimum absolute atomic E-state index is 0.0943. The van der Waals surface area contributed by atoms with Gasteiger partial charge in [-0.1, -0.05) is 32.6 Å². The topological polar surface area (TPSA) is 91.4 Å². The molecule has 2 fully saturated rings. The highest BCUT2D eigenvalue weighted by atomic mass is 32.1. The molecule has 1 saturated carbocycles. The molecular formula is C20H28N4O3S. The summed E-state index contributed by atoms with van der Waals surface area (Å²) in [6, 6.07) is -0.366. The minimum Gasteiger partial charge on any atom is -0.323 e. The molecule has 1 spiro atoms. The average Bonchev–Trinajstić information content (AvgIpc) is 3.18. The van der Waals surface area contributed by atoms with E-state index in [9.17, 15) is 14.4 Å². The van der Waals surface area contributed by atoms with E-state index in [1.807, 2.05) is 0 Å². The van der Waals surface area contributed by atoms with E-state index in [1.54, 1.807) is 11.3 Å². The van der Waals surface area contributed by atoms with Crippen LogP contribution in [-0.2, 0) is 22.4 Å². The van der Waals surface area contributed by atoms with Gasteiger partial charge in [0, 0.05) is 17.8 Å². The smallest absolute Gasteiger partial charge is 0.323 e. The van der Waals surface area contributed by atoms with Crippen LogP contribution in [0.5, 0.6) is 0 Å². The van der Waals surface area contributed by atoms with Gasteiger partial charge in [-0.05, 0) is 38.0 Å². The van der Waals surface area contributed by atoms with Gasteiger partial charge in [0.15, 0.2) is 5.13 Å². The molecule has 4 amide bonds. The molecular weight excluding hydrogens is 376 g/mol. The van der Waals surface area contributed by atoms with Crippen LogP contribution < -0.4 is 10.6 Å². The van der Waals surface area contributed by atoms with Crippen LogP contribution >= 0.6 is 11.3 Å². The lowest BCUT2D eigenvalue weighted by Gasteiger charge is -2.30. The molecule has 2 heterocycles. The number of rotatable bonds is 5. The van der Waals surface area contributed by atoms with Crippen molar-refractivity contribution in [1.82, 2.24) is 15.2 Å². The van der Waals surface area contributed by atoms with E-state index in [-0.39, 0.29) is 30.8 Å². The van der Waals surface area contributed by atoms with Crippen LogP contribution in [0, 0.1) is 5.92 Å². The Labute approximate surface area is 169 Å². The van der Waals surface area contributed by atoms with E-state index >= 15 is 0 Å². The van der Waals surface area contributed by atoms with Gasteiger partial charge in [-0.2, -0.15) is 0 Å². The van der Waals surface area contributed by atoms with Gasteiger partial charge in [-0.25, -0.2) is 9.78 Å². The van der Waals surface area contributed by atoms with Crippen molar-refractivity contribution in [2.24, 2.45) is 5.92 Å². The van der Waals surface area contributed by atoms with Gasteiger partial charge in [-0.15, -0.1) is 11.3 Å². The van der Waals surface area contributed by atoms with Crippen molar-refractivity contribution in [3.8, 4) is 0 Å². The molecule has 0 radical (unpaired) electrons. The second-order valence-electron chi connectivity index (χ2n) is 8.23. The number of hydrogen-bond donors (Lipinski definition) is 2. The summed E-state index contributed by atoms with van der Waals surface area (Å²) in [7, 11) is 0. The first-order chi connectivity index (χ1) is 13.5. The van der Waals surface area contributed by atoms with Gasteiger partial charge in [0.2, 0.25) is 5.91 Å². The number of anilines is 1. The van der Waals surface area contributed by atoms with Crippen LogP contribution in [0.1, 0.15) is 68.9 Å². The number of nitrogens with zero attached hydrogens (tertiary/aromatic N) is 2. The monoisotopic (exact) mass is 404 g/mol. The number of hydrogen-bond acceptors (Lipinski definition) is 5. The van der Waals surface area contributed by atoms with Crippen LogP contribution in [0.2, 0.25) is 0 Å². The SMILES string of the molecule is CCC1CCc2nc(NC(=O)CCN3C(=O)NC4(CCCCC4)C3=O)sc2C1. The summed E-state index contributed by atoms with van der Waals surface area (Å²) in [5.74, 6) is 0.340. The molecule has 1 unspecified atom stereocenters. The molecule has 2 N–H and O–H groups in total. The summed E-state index contributed by atoms with van der Waals surface area (Å²) in [6.07, 6.45) is 8.85. The highest BCUT2D eigenvalue weighted by molar-refractivity contribution is 7.15. The van der Waals surface area contributed by atoms with E-state index in [1.165, 1.54) is 16.2 Å². The molecule has 4 rings (SSSR count). The predicted molar refractivity (Wildman–Crippen MR) is 107 cm³/mol. The zero-order valence-electron chi connectivity index (χ0n) is 16.4. The number of carbonyl (C=O) groups is 3. The number of thiazole rings is 1. The zero-order valence-corrected chi connectivity index (χ0v) is 17.2. The van der Waals surface area contributed by atoms with Crippen molar-refractivity contribution in [3.05, 3.63) is 10.6 Å². The Morgan fingerprint density at radius 2 is 2.11 bits per heavy atom. The van der Waals surface area contributed by atoms with Crippen LogP contribution in [0.4, 0.5) is 9.93 Å². The summed E-state index contributed by atoms with van der Waals surface area (Å²) in [5, 5.41) is 6.37. The number of urea groups is 1. The number of fused-ring (bicyclic) bond motifs is 1. The Morgan fingerprint density at radius 1 is 1.32 bits per heavy atom. The van der Waals surface area contributed by atoms with Crippen LogP contribution in [0.25, 0.3) is 0 Å². The van der Waals surface area contributed by atoms with Gasteiger partial charge in [0.05, 0.1) is 5.69 Å². The van der Waals surface area contributed by atoms with Crippen molar-refractivity contribution in [2.75, 3.05) is 11.9 Å². The van der Waals surface area contributed by atoms with E-state index in [2.05, 4.69) is 22.5 Å². The first-order valence-electron chi connectivity index (χ1n) is 10.4. The highest BCUT2D eigenvalue weighted by Crippen LogP contribution is 2.35. The Bertz CT molecular complexity index is 784. The maximum absolute atomic E-state index is 12.8. The van der Waals surface area contributed by atoms with Crippen molar-refractivity contribution in [3.63, 3.8) is 0 Å². The number of carbonyl (C=O) groups excluding carboxylic acids is 3. The van der Waals surface area contributed by atoms with E-state index in [0.29, 0.717) is 23.9 Å². The Kier molecular flexibility index (Phi) is 5.40. The number of aryl methyl sites for hydroxylation is 1. The number of imide groups is 1. The molecule has 2 aliphatic carbocycles. The first kappa shape index (κ1) is 19.4. The molecule has 1 aromatic heterocycles. The Hall–Kier alpha value is -1.96. The molecule has 0 aromatic carbocycles. The summed E-state index contributed by atoms with van der Waals surface area (Å²) < 4.78 is 0. The predicted octanol–water partition coefficient (Wildman–Crippen LogP) is 3.24. The third-order valence-electron chi connectivity index (χ3n) is 6.38. The molecule has 1 atom stereocenters. The Balaban J connectivity index is 1.32. The first-order valence-corrected chi connectivity index (χ1v) is 11.2. The second-order valence-corrected chi connectivity index (χ2v) is 9.32. The van der Waals surface area contributed by atoms with Crippen molar-refractivity contribution in [1.29, 1.82) is 0 Å². The van der Waals surface area contributed by atoms with Gasteiger partial charge in [-0.3, -0.25) is 14.5 Å². The maximum atomic E-state index is 12.8. The molecule has 3 aliphatic rings. The van der Waals surface area contributed by atoms with E-state index < -0.39 is 5.54 Å². The third-order valence-corrected chi connectivity index (χ3v) is 7.42. The summed E-state index contributed by atoms with van der Waals surface area (Å²) in [4.78, 5) is 44.5. The van der Waals surface area contributed by atoms with E-state index in [4.69, 9.17) is 0 Å². The molecule has 7 nitrogen and oxygen atoms in total. The third kappa shape index (κ3) is 3.66. The quantitative estimate of drug-likeness (QED) is 0.737. The molecule has 1 aliphatic heterocycles. The fourth-order valence-electron chi connectivity index (χ4n) is 4.61. The largest absolute Gasteiger partial charge is 0.325 e. The standard InChI is InChI=1S/C20H28N4O3S/c1-2-13-6-7-14-15(12-13)28-18(21-14)22-16(25)8-11-24-17(26)20(23-19(24)27)9-4-3-5-10-20/h13H,2-12H2,1H3,(H,23,27)(H,21,22,25). The second kappa shape index (κ2) is 7.81. The van der Waals surface area contributed by atoms with Gasteiger partial charge < -0.3 is 10.6 Å². The Morgan fingerprint density at radius 3 is 2.86 bits per heavy atom. The van der Waals surface area contributed by atoms with Crippen LogP contribution in [0.15, 0.2) is 0 Å². The van der Waals surface area contributed by atoms with E-state index in [0.717, 1.165) is 44.2 Å². The molecule has 0 bridgehead atoms. The fraction of sp³-hybridized carbons (Fsp3) is 0.700. The normalized spacial score (nSPS) is 23.6. The number of amides is 4. The van der Waals surface area contributed by atoms with Crippen LogP contribution in [0.3, 0.4) is 0 Å². The van der Waals surface area contributed by atoms with Crippen LogP contribution in [-0.4, -0.2) is 39.8 Å². The maximum Gasteiger partial charge on any atom is 0.325 e. The van der Waals surface area contributed by atoms with Gasteiger partial charge in [0.25, 0.3) is 5.91 Å². The lowest BCUT2D eigenvalue weighted by Crippen LogP contribution is -2.48. The minimum atomic E-state index is -0.726. The molecule has 1 saturated heterocycles. The molecule has 152 valence electrons. The average molecular weight is 405 g/mol. The molecule has 1 aromatic rings. The van der Waals surface area contributed by atoms with Crippen molar-refractivity contribution in [2.45, 2.75) is 76.7 Å². The number of nitrogens with one attached hydrogen (secondary N) is 2. The number of aromatic nitrogens is 1. The van der Waals surface area contributed by atoms with Crippen molar-refractivity contribution < 1.29 is 14.4 Å². The van der Waals surface area contributed by atoms with Gasteiger partial charge in [0.1, 0.15) is 5.54 Å². The molecule has 8 heteroatoms. The lowest BCUT2D eigenvalue weighted by atomic mass is 9.82. The summed E-state index contributed by atoms with van der Waals surface area (Å²) >= 11 is 1.56. The fourth-order valence-corrected chi connectivity index (χ4v) is 5.75. The van der Waals surface area contributed by atoms with Crippen molar-refractivity contribution >= 4 is 34.3 Å². The summed E-state index contributed by atoms with van der Waals surface area (Å²) in [6.45, 7) is 2.33. The molecule has 28 heavy (non-hydrogen) atoms. The lowest BCUT2D eigenvalue weighted by molar-refractivity contribution is -0.132.